The molecule has 6 heteroatoms. The molecule has 6 nitrogen and oxygen atoms in total. The number of aryl methyl sites for hydroxylation is 1. The van der Waals surface area contributed by atoms with Gasteiger partial charge in [-0.05, 0) is 43.0 Å². The number of anilines is 1. The molecule has 128 valence electrons. The van der Waals surface area contributed by atoms with Gasteiger partial charge in [-0.15, -0.1) is 0 Å². The second kappa shape index (κ2) is 7.03. The number of ether oxygens (including phenoxy) is 1. The maximum absolute atomic E-state index is 12.2. The monoisotopic (exact) mass is 330 g/mol. The number of cyclic esters (lactones) is 1. The van der Waals surface area contributed by atoms with Crippen LogP contribution in [0.4, 0.5) is 10.5 Å². The number of amides is 2. The van der Waals surface area contributed by atoms with E-state index in [9.17, 15) is 14.4 Å². The van der Waals surface area contributed by atoms with Gasteiger partial charge in [0.25, 0.3) is 0 Å². The number of carbonyl (C=O) groups is 3. The van der Waals surface area contributed by atoms with E-state index < -0.39 is 6.09 Å². The molecule has 1 aliphatic carbocycles. The SMILES string of the molecule is CC(=O)NC[C@H]1CN(c2ccc3c(c2)CCCCCC3=O)C(=O)O1. The van der Waals surface area contributed by atoms with Crippen molar-refractivity contribution in [2.75, 3.05) is 18.0 Å². The summed E-state index contributed by atoms with van der Waals surface area (Å²) in [6.07, 6.45) is 3.74. The number of fused-ring (bicyclic) bond motifs is 1. The van der Waals surface area contributed by atoms with Crippen molar-refractivity contribution in [3.05, 3.63) is 29.3 Å². The number of ketones is 1. The van der Waals surface area contributed by atoms with Gasteiger partial charge in [0, 0.05) is 24.6 Å². The zero-order valence-corrected chi connectivity index (χ0v) is 13.8. The lowest BCUT2D eigenvalue weighted by molar-refractivity contribution is -0.119. The molecule has 0 spiro atoms. The molecule has 1 aromatic carbocycles. The van der Waals surface area contributed by atoms with Crippen molar-refractivity contribution in [2.45, 2.75) is 45.1 Å². The van der Waals surface area contributed by atoms with E-state index in [2.05, 4.69) is 5.32 Å². The molecule has 3 rings (SSSR count). The Labute approximate surface area is 141 Å². The molecule has 2 amide bonds. The van der Waals surface area contributed by atoms with E-state index in [0.717, 1.165) is 42.5 Å². The average Bonchev–Trinajstić information content (AvgIpc) is 2.91. The third-order valence-electron chi connectivity index (χ3n) is 4.50. The maximum atomic E-state index is 12.2. The summed E-state index contributed by atoms with van der Waals surface area (Å²) in [6, 6.07) is 5.56. The van der Waals surface area contributed by atoms with Crippen molar-refractivity contribution in [2.24, 2.45) is 0 Å². The van der Waals surface area contributed by atoms with Crippen LogP contribution in [0.25, 0.3) is 0 Å². The van der Waals surface area contributed by atoms with Gasteiger partial charge < -0.3 is 10.1 Å². The van der Waals surface area contributed by atoms with Crippen LogP contribution >= 0.6 is 0 Å². The van der Waals surface area contributed by atoms with E-state index >= 15 is 0 Å². The molecule has 1 heterocycles. The van der Waals surface area contributed by atoms with Crippen LogP contribution < -0.4 is 10.2 Å². The molecule has 1 saturated heterocycles. The highest BCUT2D eigenvalue weighted by Gasteiger charge is 2.32. The lowest BCUT2D eigenvalue weighted by Gasteiger charge is -2.18. The van der Waals surface area contributed by atoms with Crippen LogP contribution in [0.1, 0.15) is 48.5 Å². The van der Waals surface area contributed by atoms with Crippen molar-refractivity contribution in [3.63, 3.8) is 0 Å². The molecule has 1 atom stereocenters. The molecule has 0 saturated carbocycles. The molecule has 24 heavy (non-hydrogen) atoms. The fraction of sp³-hybridized carbons (Fsp3) is 0.500. The van der Waals surface area contributed by atoms with Gasteiger partial charge in [0.2, 0.25) is 5.91 Å². The zero-order chi connectivity index (χ0) is 17.1. The minimum absolute atomic E-state index is 0.149. The summed E-state index contributed by atoms with van der Waals surface area (Å²) in [7, 11) is 0. The number of nitrogens with one attached hydrogen (secondary N) is 1. The minimum atomic E-state index is -0.414. The molecular formula is C18H22N2O4. The zero-order valence-electron chi connectivity index (χ0n) is 13.8. The first-order chi connectivity index (χ1) is 11.5. The van der Waals surface area contributed by atoms with Gasteiger partial charge in [0.15, 0.2) is 5.78 Å². The number of hydrogen-bond acceptors (Lipinski definition) is 4. The van der Waals surface area contributed by atoms with Crippen LogP contribution in [-0.2, 0) is 16.0 Å². The van der Waals surface area contributed by atoms with E-state index in [-0.39, 0.29) is 17.8 Å². The minimum Gasteiger partial charge on any atom is -0.442 e. The molecular weight excluding hydrogens is 308 g/mol. The number of hydrogen-bond donors (Lipinski definition) is 1. The quantitative estimate of drug-likeness (QED) is 0.923. The highest BCUT2D eigenvalue weighted by molar-refractivity contribution is 5.99. The lowest BCUT2D eigenvalue weighted by atomic mass is 9.92. The van der Waals surface area contributed by atoms with Crippen LogP contribution in [-0.4, -0.2) is 37.0 Å². The van der Waals surface area contributed by atoms with Crippen molar-refractivity contribution in [1.29, 1.82) is 0 Å². The number of carbonyl (C=O) groups excluding carboxylic acids is 3. The smallest absolute Gasteiger partial charge is 0.414 e. The highest BCUT2D eigenvalue weighted by Crippen LogP contribution is 2.27. The average molecular weight is 330 g/mol. The Morgan fingerprint density at radius 3 is 2.83 bits per heavy atom. The Hall–Kier alpha value is -2.37. The fourth-order valence-electron chi connectivity index (χ4n) is 3.24. The summed E-state index contributed by atoms with van der Waals surface area (Å²) in [5.74, 6) is 0.0351. The second-order valence-corrected chi connectivity index (χ2v) is 6.38. The molecule has 1 aliphatic heterocycles. The van der Waals surface area contributed by atoms with E-state index in [1.54, 1.807) is 11.0 Å². The predicted molar refractivity (Wildman–Crippen MR) is 89.2 cm³/mol. The van der Waals surface area contributed by atoms with Gasteiger partial charge in [-0.3, -0.25) is 14.5 Å². The van der Waals surface area contributed by atoms with Crippen LogP contribution in [0, 0.1) is 0 Å². The standard InChI is InChI=1S/C18H22N2O4/c1-12(21)19-10-15-11-20(18(23)24-15)14-7-8-16-13(9-14)5-3-2-4-6-17(16)22/h7-9,15H,2-6,10-11H2,1H3,(H,19,21)/t15-/m0/s1. The summed E-state index contributed by atoms with van der Waals surface area (Å²) in [6.45, 7) is 2.13. The van der Waals surface area contributed by atoms with Gasteiger partial charge in [0.1, 0.15) is 6.10 Å². The molecule has 2 aliphatic rings. The number of nitrogens with zero attached hydrogens (tertiary/aromatic N) is 1. The van der Waals surface area contributed by atoms with Gasteiger partial charge in [-0.1, -0.05) is 6.42 Å². The number of rotatable bonds is 3. The van der Waals surface area contributed by atoms with Crippen molar-refractivity contribution < 1.29 is 19.1 Å². The Balaban J connectivity index is 1.77. The summed E-state index contributed by atoms with van der Waals surface area (Å²) in [5.41, 5.74) is 2.54. The number of Topliss-reactive ketones (excluding diaryl/α,β-unsaturated/α-hetero) is 1. The van der Waals surface area contributed by atoms with Crippen molar-refractivity contribution >= 4 is 23.5 Å². The molecule has 1 aromatic rings. The third-order valence-corrected chi connectivity index (χ3v) is 4.50. The summed E-state index contributed by atoms with van der Waals surface area (Å²) < 4.78 is 5.29. The molecule has 0 aromatic heterocycles. The van der Waals surface area contributed by atoms with E-state index in [1.165, 1.54) is 6.92 Å². The van der Waals surface area contributed by atoms with Crippen LogP contribution in [0.15, 0.2) is 18.2 Å². The molecule has 0 bridgehead atoms. The highest BCUT2D eigenvalue weighted by atomic mass is 16.6. The Morgan fingerprint density at radius 2 is 2.04 bits per heavy atom. The lowest BCUT2D eigenvalue weighted by Crippen LogP contribution is -2.33. The van der Waals surface area contributed by atoms with Crippen LogP contribution in [0.5, 0.6) is 0 Å². The van der Waals surface area contributed by atoms with Gasteiger partial charge in [-0.2, -0.15) is 0 Å². The van der Waals surface area contributed by atoms with E-state index in [4.69, 9.17) is 4.74 Å². The fourth-order valence-corrected chi connectivity index (χ4v) is 3.24. The molecule has 0 radical (unpaired) electrons. The number of benzene rings is 1. The molecule has 1 fully saturated rings. The Morgan fingerprint density at radius 1 is 1.25 bits per heavy atom. The normalized spacial score (nSPS) is 20.9. The van der Waals surface area contributed by atoms with Crippen molar-refractivity contribution in [3.8, 4) is 0 Å². The first-order valence-electron chi connectivity index (χ1n) is 8.43. The first-order valence-corrected chi connectivity index (χ1v) is 8.43. The molecule has 0 unspecified atom stereocenters. The summed E-state index contributed by atoms with van der Waals surface area (Å²) in [4.78, 5) is 36.9. The third kappa shape index (κ3) is 3.58. The van der Waals surface area contributed by atoms with Crippen LogP contribution in [0.2, 0.25) is 0 Å². The Bertz CT molecular complexity index is 671. The van der Waals surface area contributed by atoms with Gasteiger partial charge in [-0.25, -0.2) is 4.79 Å². The van der Waals surface area contributed by atoms with Crippen LogP contribution in [0.3, 0.4) is 0 Å². The van der Waals surface area contributed by atoms with Crippen molar-refractivity contribution in [1.82, 2.24) is 5.32 Å². The summed E-state index contributed by atoms with van der Waals surface area (Å²) >= 11 is 0. The first kappa shape index (κ1) is 16.5. The maximum Gasteiger partial charge on any atom is 0.414 e. The van der Waals surface area contributed by atoms with E-state index in [0.29, 0.717) is 19.5 Å². The molecule has 1 N–H and O–H groups in total. The topological polar surface area (TPSA) is 75.7 Å². The van der Waals surface area contributed by atoms with E-state index in [1.807, 2.05) is 12.1 Å². The van der Waals surface area contributed by atoms with Gasteiger partial charge in [0.05, 0.1) is 13.1 Å². The second-order valence-electron chi connectivity index (χ2n) is 6.38. The Kier molecular flexibility index (Phi) is 4.83. The largest absolute Gasteiger partial charge is 0.442 e. The summed E-state index contributed by atoms with van der Waals surface area (Å²) in [5, 5.41) is 2.66. The van der Waals surface area contributed by atoms with Gasteiger partial charge >= 0.3 is 6.09 Å². The predicted octanol–water partition coefficient (Wildman–Crippen LogP) is 2.45.